The molecule has 0 aliphatic rings. The number of carbonyl (C=O) groups excluding carboxylic acids is 1. The number of nitrogens with two attached hydrogens (primary N) is 1. The smallest absolute Gasteiger partial charge is 0.261 e. The lowest BCUT2D eigenvalue weighted by atomic mass is 10.2. The van der Waals surface area contributed by atoms with Gasteiger partial charge in [0.25, 0.3) is 15.9 Å². The van der Waals surface area contributed by atoms with Crippen LogP contribution >= 0.6 is 0 Å². The van der Waals surface area contributed by atoms with Gasteiger partial charge in [0.1, 0.15) is 29.0 Å². The highest BCUT2D eigenvalue weighted by atomic mass is 32.2. The predicted molar refractivity (Wildman–Crippen MR) is 141 cm³/mol. The predicted octanol–water partition coefficient (Wildman–Crippen LogP) is 3.88. The largest absolute Gasteiger partial charge is 0.496 e. The van der Waals surface area contributed by atoms with Crippen molar-refractivity contribution in [1.29, 1.82) is 0 Å². The summed E-state index contributed by atoms with van der Waals surface area (Å²) in [6.07, 6.45) is 1.71. The number of hydrogen-bond acceptors (Lipinski definition) is 9. The van der Waals surface area contributed by atoms with Gasteiger partial charge in [-0.2, -0.15) is 0 Å². The molecule has 190 valence electrons. The first-order valence-corrected chi connectivity index (χ1v) is 12.5. The Balaban J connectivity index is 1.48. The minimum atomic E-state index is -3.98. The molecular formula is C25H25N7O4S. The molecule has 2 aromatic heterocycles. The molecule has 0 aliphatic heterocycles. The molecule has 0 saturated heterocycles. The van der Waals surface area contributed by atoms with Gasteiger partial charge in [-0.3, -0.25) is 9.52 Å². The van der Waals surface area contributed by atoms with E-state index in [0.29, 0.717) is 34.7 Å². The van der Waals surface area contributed by atoms with Crippen molar-refractivity contribution >= 4 is 44.8 Å². The van der Waals surface area contributed by atoms with Crippen molar-refractivity contribution in [3.8, 4) is 5.75 Å². The van der Waals surface area contributed by atoms with Crippen molar-refractivity contribution in [3.05, 3.63) is 83.8 Å². The van der Waals surface area contributed by atoms with Crippen LogP contribution in [0.25, 0.3) is 0 Å². The van der Waals surface area contributed by atoms with Gasteiger partial charge < -0.3 is 21.1 Å². The quantitative estimate of drug-likeness (QED) is 0.257. The van der Waals surface area contributed by atoms with Gasteiger partial charge in [0.2, 0.25) is 0 Å². The molecule has 12 heteroatoms. The van der Waals surface area contributed by atoms with Crippen molar-refractivity contribution in [3.63, 3.8) is 0 Å². The van der Waals surface area contributed by atoms with E-state index in [-0.39, 0.29) is 16.2 Å². The Labute approximate surface area is 214 Å². The molecule has 0 fully saturated rings. The van der Waals surface area contributed by atoms with Crippen molar-refractivity contribution in [2.24, 2.45) is 5.73 Å². The van der Waals surface area contributed by atoms with Gasteiger partial charge in [0.15, 0.2) is 0 Å². The number of nitrogens with zero attached hydrogens (tertiary/aromatic N) is 3. The van der Waals surface area contributed by atoms with E-state index in [1.165, 1.54) is 25.3 Å². The van der Waals surface area contributed by atoms with Gasteiger partial charge in [-0.15, -0.1) is 0 Å². The number of sulfonamides is 1. The average Bonchev–Trinajstić information content (AvgIpc) is 2.84. The third-order valence-electron chi connectivity index (χ3n) is 5.17. The van der Waals surface area contributed by atoms with E-state index >= 15 is 0 Å². The Kier molecular flexibility index (Phi) is 7.20. The molecule has 0 aliphatic carbocycles. The number of primary amides is 1. The number of ether oxygens (including phenoxy) is 1. The maximum absolute atomic E-state index is 12.8. The van der Waals surface area contributed by atoms with Gasteiger partial charge in [-0.1, -0.05) is 0 Å². The van der Waals surface area contributed by atoms with Crippen LogP contribution < -0.4 is 25.8 Å². The summed E-state index contributed by atoms with van der Waals surface area (Å²) >= 11 is 0. The van der Waals surface area contributed by atoms with E-state index in [2.05, 4.69) is 30.3 Å². The van der Waals surface area contributed by atoms with Crippen LogP contribution in [0.5, 0.6) is 5.75 Å². The SMILES string of the molecule is COc1ccc(S(=O)(=O)Nc2ccc(Nc3cc(Nc4cc(C)ccn4)nc(C)n3)cc2)cc1C(N)=O. The first kappa shape index (κ1) is 25.4. The molecule has 4 rings (SSSR count). The molecule has 0 bridgehead atoms. The van der Waals surface area contributed by atoms with Crippen LogP contribution in [0, 0.1) is 13.8 Å². The molecule has 0 unspecified atom stereocenters. The molecule has 5 N–H and O–H groups in total. The van der Waals surface area contributed by atoms with E-state index in [0.717, 1.165) is 5.56 Å². The number of anilines is 5. The molecule has 0 atom stereocenters. The lowest BCUT2D eigenvalue weighted by Crippen LogP contribution is -2.16. The number of aryl methyl sites for hydroxylation is 2. The monoisotopic (exact) mass is 519 g/mol. The van der Waals surface area contributed by atoms with E-state index in [9.17, 15) is 13.2 Å². The number of nitrogens with one attached hydrogen (secondary N) is 3. The highest BCUT2D eigenvalue weighted by molar-refractivity contribution is 7.92. The van der Waals surface area contributed by atoms with Gasteiger partial charge >= 0.3 is 0 Å². The third-order valence-corrected chi connectivity index (χ3v) is 6.54. The van der Waals surface area contributed by atoms with Crippen LogP contribution in [0.15, 0.2) is 71.8 Å². The van der Waals surface area contributed by atoms with E-state index in [1.54, 1.807) is 43.5 Å². The third kappa shape index (κ3) is 6.30. The van der Waals surface area contributed by atoms with Crippen molar-refractivity contribution in [1.82, 2.24) is 15.0 Å². The fourth-order valence-electron chi connectivity index (χ4n) is 3.46. The Morgan fingerprint density at radius 2 is 1.54 bits per heavy atom. The molecule has 0 spiro atoms. The highest BCUT2D eigenvalue weighted by Crippen LogP contribution is 2.25. The molecule has 2 aromatic carbocycles. The zero-order valence-electron chi connectivity index (χ0n) is 20.3. The summed E-state index contributed by atoms with van der Waals surface area (Å²) in [5.41, 5.74) is 7.39. The summed E-state index contributed by atoms with van der Waals surface area (Å²) < 4.78 is 33.3. The van der Waals surface area contributed by atoms with Crippen molar-refractivity contribution in [2.45, 2.75) is 18.7 Å². The molecule has 1 amide bonds. The van der Waals surface area contributed by atoms with Gasteiger partial charge in [0.05, 0.1) is 17.6 Å². The Morgan fingerprint density at radius 3 is 2.19 bits per heavy atom. The van der Waals surface area contributed by atoms with Crippen LogP contribution in [0.4, 0.5) is 28.8 Å². The number of pyridine rings is 1. The zero-order chi connectivity index (χ0) is 26.6. The maximum atomic E-state index is 12.8. The number of hydrogen-bond donors (Lipinski definition) is 4. The standard InChI is InChI=1S/C25H25N7O4S/c1-15-10-11-27-22(12-15)31-24-14-23(28-16(2)29-24)30-17-4-6-18(7-5-17)32-37(34,35)19-8-9-21(36-3)20(13-19)25(26)33/h4-14,32H,1-3H3,(H2,26,33)(H2,27,28,29,30,31). The average molecular weight is 520 g/mol. The summed E-state index contributed by atoms with van der Waals surface area (Å²) in [7, 11) is -2.61. The molecular weight excluding hydrogens is 494 g/mol. The van der Waals surface area contributed by atoms with Crippen LogP contribution in [0.3, 0.4) is 0 Å². The Hall–Kier alpha value is -4.71. The number of methoxy groups -OCH3 is 1. The normalized spacial score (nSPS) is 11.0. The number of carbonyl (C=O) groups is 1. The number of aromatic nitrogens is 3. The lowest BCUT2D eigenvalue weighted by Gasteiger charge is -2.12. The van der Waals surface area contributed by atoms with E-state index in [4.69, 9.17) is 10.5 Å². The second-order valence-electron chi connectivity index (χ2n) is 8.06. The number of rotatable bonds is 9. The van der Waals surface area contributed by atoms with Crippen LogP contribution in [0.2, 0.25) is 0 Å². The first-order chi connectivity index (χ1) is 17.6. The second-order valence-corrected chi connectivity index (χ2v) is 9.75. The Bertz CT molecular complexity index is 1560. The van der Waals surface area contributed by atoms with Gasteiger partial charge in [-0.25, -0.2) is 23.4 Å². The van der Waals surface area contributed by atoms with Crippen LogP contribution in [-0.2, 0) is 10.0 Å². The van der Waals surface area contributed by atoms with Crippen molar-refractivity contribution < 1.29 is 17.9 Å². The highest BCUT2D eigenvalue weighted by Gasteiger charge is 2.19. The summed E-state index contributed by atoms with van der Waals surface area (Å²) in [5, 5.41) is 6.35. The van der Waals surface area contributed by atoms with Crippen LogP contribution in [0.1, 0.15) is 21.7 Å². The fourth-order valence-corrected chi connectivity index (χ4v) is 4.55. The van der Waals surface area contributed by atoms with E-state index in [1.807, 2.05) is 19.1 Å². The summed E-state index contributed by atoms with van der Waals surface area (Å²) in [5.74, 6) is 1.74. The lowest BCUT2D eigenvalue weighted by molar-refractivity contribution is 0.0997. The van der Waals surface area contributed by atoms with Crippen LogP contribution in [-0.4, -0.2) is 36.4 Å². The molecule has 4 aromatic rings. The molecule has 11 nitrogen and oxygen atoms in total. The van der Waals surface area contributed by atoms with Gasteiger partial charge in [0, 0.05) is 23.6 Å². The minimum absolute atomic E-state index is 0.0305. The molecule has 37 heavy (non-hydrogen) atoms. The first-order valence-electron chi connectivity index (χ1n) is 11.1. The number of benzene rings is 2. The maximum Gasteiger partial charge on any atom is 0.261 e. The number of amides is 1. The second kappa shape index (κ2) is 10.5. The van der Waals surface area contributed by atoms with E-state index < -0.39 is 15.9 Å². The zero-order valence-corrected chi connectivity index (χ0v) is 21.1. The topological polar surface area (TPSA) is 161 Å². The molecule has 2 heterocycles. The fraction of sp³-hybridized carbons (Fsp3) is 0.120. The summed E-state index contributed by atoms with van der Waals surface area (Å²) in [4.78, 5) is 24.6. The van der Waals surface area contributed by atoms with Gasteiger partial charge in [-0.05, 0) is 74.0 Å². The minimum Gasteiger partial charge on any atom is -0.496 e. The molecule has 0 saturated carbocycles. The Morgan fingerprint density at radius 1 is 0.865 bits per heavy atom. The summed E-state index contributed by atoms with van der Waals surface area (Å²) in [6.45, 7) is 3.75. The summed E-state index contributed by atoms with van der Waals surface area (Å²) in [6, 6.07) is 16.0. The van der Waals surface area contributed by atoms with Crippen molar-refractivity contribution in [2.75, 3.05) is 22.5 Å². The molecule has 0 radical (unpaired) electrons.